The number of benzene rings is 2. The maximum atomic E-state index is 12.2. The van der Waals surface area contributed by atoms with Gasteiger partial charge in [0.25, 0.3) is 5.91 Å². The summed E-state index contributed by atoms with van der Waals surface area (Å²) in [7, 11) is 0. The molecule has 0 aromatic heterocycles. The van der Waals surface area contributed by atoms with Crippen molar-refractivity contribution in [2.24, 2.45) is 0 Å². The molecular weight excluding hydrogens is 298 g/mol. The van der Waals surface area contributed by atoms with Crippen LogP contribution in [0.5, 0.6) is 5.75 Å². The molecule has 2 rings (SSSR count). The molecule has 0 unspecified atom stereocenters. The van der Waals surface area contributed by atoms with Crippen molar-refractivity contribution in [2.75, 3.05) is 0 Å². The Morgan fingerprint density at radius 2 is 1.82 bits per heavy atom. The zero-order valence-electron chi connectivity index (χ0n) is 13.0. The molecule has 1 N–H and O–H groups in total. The summed E-state index contributed by atoms with van der Waals surface area (Å²) in [5, 5.41) is 3.53. The van der Waals surface area contributed by atoms with Crippen molar-refractivity contribution >= 4 is 17.5 Å². The van der Waals surface area contributed by atoms with Gasteiger partial charge in [0.1, 0.15) is 5.75 Å². The van der Waals surface area contributed by atoms with Gasteiger partial charge < -0.3 is 10.1 Å². The largest absolute Gasteiger partial charge is 0.481 e. The number of halogens is 1. The highest BCUT2D eigenvalue weighted by molar-refractivity contribution is 6.30. The number of carbonyl (C=O) groups excluding carboxylic acids is 1. The molecule has 22 heavy (non-hydrogen) atoms. The normalized spacial score (nSPS) is 13.3. The third-order valence-corrected chi connectivity index (χ3v) is 3.65. The third kappa shape index (κ3) is 4.50. The Balaban J connectivity index is 1.94. The molecule has 0 aliphatic rings. The average Bonchev–Trinajstić information content (AvgIpc) is 2.47. The molecule has 0 spiro atoms. The summed E-state index contributed by atoms with van der Waals surface area (Å²) < 4.78 is 5.62. The maximum Gasteiger partial charge on any atom is 0.261 e. The number of hydrogen-bond acceptors (Lipinski definition) is 2. The van der Waals surface area contributed by atoms with Crippen molar-refractivity contribution in [1.82, 2.24) is 5.32 Å². The van der Waals surface area contributed by atoms with Crippen molar-refractivity contribution < 1.29 is 9.53 Å². The number of hydrogen-bond donors (Lipinski definition) is 1. The molecule has 0 heterocycles. The molecule has 116 valence electrons. The standard InChI is InChI=1S/C18H20ClNO2/c1-12-7-9-15(10-8-12)13(2)20-18(21)14(3)22-17-6-4-5-16(19)11-17/h4-11,13-14H,1-3H3,(H,20,21)/t13-,14+/m1/s1. The van der Waals surface area contributed by atoms with Gasteiger partial charge in [0.05, 0.1) is 6.04 Å². The van der Waals surface area contributed by atoms with Crippen molar-refractivity contribution in [3.8, 4) is 5.75 Å². The zero-order chi connectivity index (χ0) is 16.1. The molecule has 0 aliphatic heterocycles. The summed E-state index contributed by atoms with van der Waals surface area (Å²) in [6, 6.07) is 15.0. The molecule has 0 saturated carbocycles. The van der Waals surface area contributed by atoms with Crippen LogP contribution in [0.4, 0.5) is 0 Å². The van der Waals surface area contributed by atoms with Crippen LogP contribution in [0.2, 0.25) is 5.02 Å². The Labute approximate surface area is 136 Å². The Hall–Kier alpha value is -2.00. The number of amides is 1. The quantitative estimate of drug-likeness (QED) is 0.893. The van der Waals surface area contributed by atoms with Crippen LogP contribution in [0, 0.1) is 6.92 Å². The van der Waals surface area contributed by atoms with E-state index in [4.69, 9.17) is 16.3 Å². The van der Waals surface area contributed by atoms with E-state index < -0.39 is 6.10 Å². The summed E-state index contributed by atoms with van der Waals surface area (Å²) in [4.78, 5) is 12.2. The second kappa shape index (κ2) is 7.32. The fourth-order valence-electron chi connectivity index (χ4n) is 2.07. The Kier molecular flexibility index (Phi) is 5.45. The predicted molar refractivity (Wildman–Crippen MR) is 89.3 cm³/mol. The van der Waals surface area contributed by atoms with Crippen LogP contribution in [-0.2, 0) is 4.79 Å². The molecule has 2 atom stereocenters. The van der Waals surface area contributed by atoms with Gasteiger partial charge in [-0.05, 0) is 44.5 Å². The van der Waals surface area contributed by atoms with Crippen molar-refractivity contribution in [2.45, 2.75) is 32.9 Å². The monoisotopic (exact) mass is 317 g/mol. The molecule has 4 heteroatoms. The summed E-state index contributed by atoms with van der Waals surface area (Å²) >= 11 is 5.90. The molecule has 0 bridgehead atoms. The second-order valence-corrected chi connectivity index (χ2v) is 5.79. The second-order valence-electron chi connectivity index (χ2n) is 5.36. The summed E-state index contributed by atoms with van der Waals surface area (Å²) in [5.74, 6) is 0.422. The van der Waals surface area contributed by atoms with E-state index in [2.05, 4.69) is 5.32 Å². The van der Waals surface area contributed by atoms with Crippen LogP contribution in [0.25, 0.3) is 0 Å². The van der Waals surface area contributed by atoms with E-state index in [9.17, 15) is 4.79 Å². The SMILES string of the molecule is Cc1ccc([C@@H](C)NC(=O)[C@H](C)Oc2cccc(Cl)c2)cc1. The zero-order valence-corrected chi connectivity index (χ0v) is 13.7. The van der Waals surface area contributed by atoms with Crippen LogP contribution in [0.3, 0.4) is 0 Å². The Bertz CT molecular complexity index is 640. The van der Waals surface area contributed by atoms with E-state index in [1.54, 1.807) is 31.2 Å². The molecule has 0 aliphatic carbocycles. The smallest absolute Gasteiger partial charge is 0.261 e. The van der Waals surface area contributed by atoms with Crippen LogP contribution >= 0.6 is 11.6 Å². The fourth-order valence-corrected chi connectivity index (χ4v) is 2.25. The van der Waals surface area contributed by atoms with Crippen molar-refractivity contribution in [3.05, 3.63) is 64.7 Å². The van der Waals surface area contributed by atoms with E-state index in [0.717, 1.165) is 5.56 Å². The first-order valence-electron chi connectivity index (χ1n) is 7.25. The van der Waals surface area contributed by atoms with Gasteiger partial charge in [-0.2, -0.15) is 0 Å². The van der Waals surface area contributed by atoms with E-state index in [-0.39, 0.29) is 11.9 Å². The van der Waals surface area contributed by atoms with Gasteiger partial charge in [-0.3, -0.25) is 4.79 Å². The highest BCUT2D eigenvalue weighted by Gasteiger charge is 2.17. The topological polar surface area (TPSA) is 38.3 Å². The minimum Gasteiger partial charge on any atom is -0.481 e. The van der Waals surface area contributed by atoms with E-state index in [0.29, 0.717) is 10.8 Å². The number of rotatable bonds is 5. The van der Waals surface area contributed by atoms with Gasteiger partial charge in [-0.15, -0.1) is 0 Å². The minimum atomic E-state index is -0.591. The lowest BCUT2D eigenvalue weighted by Crippen LogP contribution is -2.37. The van der Waals surface area contributed by atoms with Crippen LogP contribution < -0.4 is 10.1 Å². The summed E-state index contributed by atoms with van der Waals surface area (Å²) in [5.41, 5.74) is 2.26. The Morgan fingerprint density at radius 1 is 1.14 bits per heavy atom. The Morgan fingerprint density at radius 3 is 2.45 bits per heavy atom. The number of carbonyl (C=O) groups is 1. The summed E-state index contributed by atoms with van der Waals surface area (Å²) in [6.07, 6.45) is -0.591. The number of nitrogens with one attached hydrogen (secondary N) is 1. The van der Waals surface area contributed by atoms with Gasteiger partial charge in [-0.1, -0.05) is 47.5 Å². The van der Waals surface area contributed by atoms with Crippen molar-refractivity contribution in [3.63, 3.8) is 0 Å². The number of aryl methyl sites for hydroxylation is 1. The van der Waals surface area contributed by atoms with E-state index in [1.165, 1.54) is 5.56 Å². The third-order valence-electron chi connectivity index (χ3n) is 3.41. The first-order valence-corrected chi connectivity index (χ1v) is 7.62. The van der Waals surface area contributed by atoms with Gasteiger partial charge in [0.15, 0.2) is 6.10 Å². The van der Waals surface area contributed by atoms with E-state index >= 15 is 0 Å². The van der Waals surface area contributed by atoms with Gasteiger partial charge >= 0.3 is 0 Å². The molecule has 3 nitrogen and oxygen atoms in total. The summed E-state index contributed by atoms with van der Waals surface area (Å²) in [6.45, 7) is 5.71. The molecule has 2 aromatic carbocycles. The first kappa shape index (κ1) is 16.4. The average molecular weight is 318 g/mol. The van der Waals surface area contributed by atoms with Crippen LogP contribution in [0.1, 0.15) is 31.0 Å². The molecule has 0 saturated heterocycles. The maximum absolute atomic E-state index is 12.2. The van der Waals surface area contributed by atoms with Gasteiger partial charge in [0.2, 0.25) is 0 Å². The number of ether oxygens (including phenoxy) is 1. The highest BCUT2D eigenvalue weighted by Crippen LogP contribution is 2.19. The predicted octanol–water partition coefficient (Wildman–Crippen LogP) is 4.29. The van der Waals surface area contributed by atoms with E-state index in [1.807, 2.05) is 38.1 Å². The molecular formula is C18H20ClNO2. The first-order chi connectivity index (χ1) is 10.5. The van der Waals surface area contributed by atoms with Crippen LogP contribution in [0.15, 0.2) is 48.5 Å². The molecule has 1 amide bonds. The lowest BCUT2D eigenvalue weighted by atomic mass is 10.1. The molecule has 0 fully saturated rings. The van der Waals surface area contributed by atoms with Gasteiger partial charge in [0, 0.05) is 5.02 Å². The molecule has 0 radical (unpaired) electrons. The lowest BCUT2D eigenvalue weighted by molar-refractivity contribution is -0.127. The fraction of sp³-hybridized carbons (Fsp3) is 0.278. The highest BCUT2D eigenvalue weighted by atomic mass is 35.5. The van der Waals surface area contributed by atoms with Crippen molar-refractivity contribution in [1.29, 1.82) is 0 Å². The van der Waals surface area contributed by atoms with Gasteiger partial charge in [-0.25, -0.2) is 0 Å². The lowest BCUT2D eigenvalue weighted by Gasteiger charge is -2.19. The van der Waals surface area contributed by atoms with Crippen LogP contribution in [-0.4, -0.2) is 12.0 Å². The molecule has 2 aromatic rings. The minimum absolute atomic E-state index is 0.0708.